The molecule has 0 aromatic heterocycles. The third-order valence-corrected chi connectivity index (χ3v) is 0. The van der Waals surface area contributed by atoms with E-state index in [0.717, 1.165) is 0 Å². The van der Waals surface area contributed by atoms with Crippen LogP contribution in [0.25, 0.3) is 0 Å². The molecule has 0 N–H and O–H groups in total. The van der Waals surface area contributed by atoms with Crippen LogP contribution in [0.4, 0.5) is 0 Å². The van der Waals surface area contributed by atoms with Crippen molar-refractivity contribution in [1.29, 1.82) is 31.6 Å². The Morgan fingerprint density at radius 2 is 0.357 bits per heavy atom. The summed E-state index contributed by atoms with van der Waals surface area (Å²) in [5.74, 6) is 0. The molecule has 0 saturated carbocycles. The van der Waals surface area contributed by atoms with Crippen molar-refractivity contribution in [2.24, 2.45) is 0 Å². The molecule has 0 aliphatic rings. The first kappa shape index (κ1) is 91.2. The SMILES string of the molecule is [C-]#N.[C-]#N.[C-]#N.[C-]#N.[C-]#N.[C-]#N.[Fe+4].[Mn+2]. The molecule has 0 saturated heterocycles. The molecule has 1 radical (unpaired) electrons. The van der Waals surface area contributed by atoms with Gasteiger partial charge in [0.25, 0.3) is 0 Å². The standard InChI is InChI=1S/6CN.Fe.Mn/c6*1-2;;/q6*-1;+4;+2. The van der Waals surface area contributed by atoms with Gasteiger partial charge in [-0.05, 0) is 0 Å². The van der Waals surface area contributed by atoms with Crippen LogP contribution >= 0.6 is 0 Å². The van der Waals surface area contributed by atoms with Crippen LogP contribution in [0.5, 0.6) is 0 Å². The maximum absolute atomic E-state index is 6.25. The van der Waals surface area contributed by atoms with Gasteiger partial charge in [-0.2, -0.15) is 0 Å². The molecule has 0 aromatic rings. The largest absolute Gasteiger partial charge is 4.00 e. The summed E-state index contributed by atoms with van der Waals surface area (Å²) in [6.07, 6.45) is 0. The smallest absolute Gasteiger partial charge is 0.512 e. The van der Waals surface area contributed by atoms with Crippen LogP contribution in [0.1, 0.15) is 0 Å². The third-order valence-electron chi connectivity index (χ3n) is 0. The van der Waals surface area contributed by atoms with Crippen molar-refractivity contribution in [1.82, 2.24) is 0 Å². The quantitative estimate of drug-likeness (QED) is 0.463. The van der Waals surface area contributed by atoms with E-state index in [0.29, 0.717) is 0 Å². The summed E-state index contributed by atoms with van der Waals surface area (Å²) in [5.41, 5.74) is 0. The van der Waals surface area contributed by atoms with Crippen molar-refractivity contribution in [2.75, 3.05) is 0 Å². The second-order valence-electron chi connectivity index (χ2n) is 0. The molecule has 6 nitrogen and oxygen atoms in total. The zero-order valence-electron chi connectivity index (χ0n) is 6.41. The van der Waals surface area contributed by atoms with Crippen LogP contribution in [-0.2, 0) is 34.1 Å². The molecule has 0 heterocycles. The van der Waals surface area contributed by atoms with E-state index in [4.69, 9.17) is 71.0 Å². The predicted octanol–water partition coefficient (Wildman–Crippen LogP) is 0.573. The van der Waals surface area contributed by atoms with Crippen molar-refractivity contribution >= 4 is 0 Å². The van der Waals surface area contributed by atoms with Gasteiger partial charge in [0.2, 0.25) is 0 Å². The molecule has 0 fully saturated rings. The molecular weight excluding hydrogens is 267 g/mol. The number of rotatable bonds is 0. The molecule has 0 aliphatic carbocycles. The molecular formula is C6FeMnN6. The fraction of sp³-hybridized carbons (Fsp3) is 0. The van der Waals surface area contributed by atoms with Crippen LogP contribution in [0.3, 0.4) is 0 Å². The summed E-state index contributed by atoms with van der Waals surface area (Å²) >= 11 is 0. The Kier molecular flexibility index (Phi) is 1740. The predicted molar refractivity (Wildman–Crippen MR) is 29.8 cm³/mol. The zero-order valence-corrected chi connectivity index (χ0v) is 8.70. The minimum absolute atomic E-state index is 0. The number of hydrogen-bond donors (Lipinski definition) is 0. The summed E-state index contributed by atoms with van der Waals surface area (Å²) in [4.78, 5) is 0. The molecule has 0 aliphatic heterocycles. The van der Waals surface area contributed by atoms with Crippen molar-refractivity contribution in [3.05, 3.63) is 39.4 Å². The topological polar surface area (TPSA) is 143 Å². The van der Waals surface area contributed by atoms with E-state index >= 15 is 0 Å². The normalized spacial score (nSPS) is 0.857. The third kappa shape index (κ3) is 197. The molecule has 0 rings (SSSR count). The van der Waals surface area contributed by atoms with Gasteiger partial charge in [-0.25, -0.2) is 0 Å². The van der Waals surface area contributed by atoms with Crippen LogP contribution in [0.2, 0.25) is 0 Å². The fourth-order valence-electron chi connectivity index (χ4n) is 0. The van der Waals surface area contributed by atoms with Crippen LogP contribution < -0.4 is 0 Å². The fourth-order valence-corrected chi connectivity index (χ4v) is 0. The molecule has 0 amide bonds. The van der Waals surface area contributed by atoms with Crippen LogP contribution in [0.15, 0.2) is 0 Å². The first-order chi connectivity index (χ1) is 6.00. The summed E-state index contributed by atoms with van der Waals surface area (Å²) in [5, 5.41) is 37.5. The first-order valence-corrected chi connectivity index (χ1v) is 1.34. The molecule has 0 bridgehead atoms. The second kappa shape index (κ2) is 268. The summed E-state index contributed by atoms with van der Waals surface area (Å²) in [6.45, 7) is 28.5. The Morgan fingerprint density at radius 3 is 0.357 bits per heavy atom. The summed E-state index contributed by atoms with van der Waals surface area (Å²) in [6, 6.07) is 0. The van der Waals surface area contributed by atoms with E-state index in [2.05, 4.69) is 0 Å². The summed E-state index contributed by atoms with van der Waals surface area (Å²) < 4.78 is 0. The molecule has 14 heavy (non-hydrogen) atoms. The number of hydrogen-bond acceptors (Lipinski definition) is 6. The Hall–Kier alpha value is -2.02. The Labute approximate surface area is 105 Å². The van der Waals surface area contributed by atoms with Gasteiger partial charge in [0.1, 0.15) is 0 Å². The first-order valence-electron chi connectivity index (χ1n) is 1.34. The van der Waals surface area contributed by atoms with E-state index in [1.807, 2.05) is 0 Å². The van der Waals surface area contributed by atoms with E-state index in [1.165, 1.54) is 0 Å². The average molecular weight is 267 g/mol. The van der Waals surface area contributed by atoms with Gasteiger partial charge >= 0.3 is 34.1 Å². The van der Waals surface area contributed by atoms with Gasteiger partial charge < -0.3 is 71.0 Å². The van der Waals surface area contributed by atoms with Crippen molar-refractivity contribution < 1.29 is 34.1 Å². The van der Waals surface area contributed by atoms with Gasteiger partial charge in [-0.3, -0.25) is 0 Å². The van der Waals surface area contributed by atoms with Gasteiger partial charge in [0.05, 0.1) is 0 Å². The van der Waals surface area contributed by atoms with E-state index in [9.17, 15) is 0 Å². The maximum Gasteiger partial charge on any atom is 4.00 e. The van der Waals surface area contributed by atoms with E-state index in [-0.39, 0.29) is 34.1 Å². The second-order valence-corrected chi connectivity index (χ2v) is 0. The van der Waals surface area contributed by atoms with Gasteiger partial charge in [-0.1, -0.05) is 0 Å². The van der Waals surface area contributed by atoms with Crippen molar-refractivity contribution in [2.45, 2.75) is 0 Å². The average Bonchev–Trinajstić information content (AvgIpc) is 2.33. The Bertz CT molecular complexity index is 97.3. The zero-order chi connectivity index (χ0) is 12.0. The molecule has 69 valence electrons. The monoisotopic (exact) mass is 267 g/mol. The van der Waals surface area contributed by atoms with Gasteiger partial charge in [0.15, 0.2) is 0 Å². The van der Waals surface area contributed by atoms with E-state index < -0.39 is 0 Å². The molecule has 0 unspecified atom stereocenters. The van der Waals surface area contributed by atoms with Gasteiger partial charge in [-0.15, -0.1) is 0 Å². The summed E-state index contributed by atoms with van der Waals surface area (Å²) in [7, 11) is 0. The molecule has 0 atom stereocenters. The minimum Gasteiger partial charge on any atom is -0.512 e. The molecule has 8 heteroatoms. The minimum atomic E-state index is 0. The van der Waals surface area contributed by atoms with E-state index in [1.54, 1.807) is 0 Å². The Balaban J connectivity index is -0.00000000500. The maximum atomic E-state index is 6.25. The van der Waals surface area contributed by atoms with Crippen molar-refractivity contribution in [3.8, 4) is 0 Å². The molecule has 0 spiro atoms. The molecule has 0 aromatic carbocycles. The Morgan fingerprint density at radius 1 is 0.357 bits per heavy atom. The van der Waals surface area contributed by atoms with Crippen LogP contribution in [-0.4, -0.2) is 0 Å². The van der Waals surface area contributed by atoms with Crippen molar-refractivity contribution in [3.63, 3.8) is 0 Å². The number of nitrogens with zero attached hydrogens (tertiary/aromatic N) is 6. The van der Waals surface area contributed by atoms with Gasteiger partial charge in [0, 0.05) is 0 Å². The van der Waals surface area contributed by atoms with Crippen LogP contribution in [0, 0.1) is 71.0 Å².